The number of unbranched alkanes of at least 4 members (excludes halogenated alkanes) is 1. The van der Waals surface area contributed by atoms with E-state index in [1.807, 2.05) is 26.2 Å². The Morgan fingerprint density at radius 3 is 2.63 bits per heavy atom. The van der Waals surface area contributed by atoms with E-state index in [1.165, 1.54) is 10.8 Å². The van der Waals surface area contributed by atoms with E-state index in [1.54, 1.807) is 29.9 Å². The molecule has 0 aromatic carbocycles. The van der Waals surface area contributed by atoms with Crippen molar-refractivity contribution in [3.63, 3.8) is 0 Å². The molecule has 0 aliphatic heterocycles. The molecule has 0 aliphatic rings. The minimum atomic E-state index is -0.440. The van der Waals surface area contributed by atoms with Gasteiger partial charge in [-0.2, -0.15) is 5.10 Å². The molecule has 0 bridgehead atoms. The predicted octanol–water partition coefficient (Wildman–Crippen LogP) is 5.27. The molecule has 10 heteroatoms. The number of aryl methyl sites for hydroxylation is 4. The summed E-state index contributed by atoms with van der Waals surface area (Å²) < 4.78 is 8.93. The molecule has 0 amide bonds. The fourth-order valence-corrected chi connectivity index (χ4v) is 4.08. The first-order valence-electron chi connectivity index (χ1n) is 11.3. The first-order valence-corrected chi connectivity index (χ1v) is 12.1. The Morgan fingerprint density at radius 1 is 1.11 bits per heavy atom. The average molecular weight is 513 g/mol. The minimum absolute atomic E-state index is 0.0407. The van der Waals surface area contributed by atoms with Crippen molar-refractivity contribution in [3.8, 4) is 22.8 Å². The van der Waals surface area contributed by atoms with Crippen LogP contribution in [0.4, 0.5) is 0 Å². The van der Waals surface area contributed by atoms with Gasteiger partial charge in [-0.05, 0) is 38.0 Å². The summed E-state index contributed by atoms with van der Waals surface area (Å²) in [5, 5.41) is 4.55. The highest BCUT2D eigenvalue weighted by Crippen LogP contribution is 2.29. The van der Waals surface area contributed by atoms with E-state index >= 15 is 0 Å². The van der Waals surface area contributed by atoms with Crippen LogP contribution in [0.1, 0.15) is 42.5 Å². The van der Waals surface area contributed by atoms with Gasteiger partial charge in [-0.15, -0.1) is 0 Å². The number of rotatable bonds is 8. The molecule has 0 N–H and O–H groups in total. The van der Waals surface area contributed by atoms with E-state index in [4.69, 9.17) is 32.9 Å². The predicted molar refractivity (Wildman–Crippen MR) is 137 cm³/mol. The van der Waals surface area contributed by atoms with Crippen molar-refractivity contribution >= 4 is 23.2 Å². The summed E-state index contributed by atoms with van der Waals surface area (Å²) in [4.78, 5) is 26.9. The fourth-order valence-electron chi connectivity index (χ4n) is 3.70. The maximum absolute atomic E-state index is 13.3. The van der Waals surface area contributed by atoms with E-state index in [9.17, 15) is 4.79 Å². The van der Waals surface area contributed by atoms with Crippen molar-refractivity contribution in [2.75, 3.05) is 0 Å². The third-order valence-electron chi connectivity index (χ3n) is 5.54. The molecule has 0 atom stereocenters. The van der Waals surface area contributed by atoms with Crippen molar-refractivity contribution in [2.24, 2.45) is 7.05 Å². The van der Waals surface area contributed by atoms with Crippen LogP contribution in [-0.4, -0.2) is 29.3 Å². The zero-order chi connectivity index (χ0) is 25.1. The van der Waals surface area contributed by atoms with Gasteiger partial charge >= 0.3 is 0 Å². The first-order chi connectivity index (χ1) is 16.8. The molecule has 4 aromatic heterocycles. The maximum Gasteiger partial charge on any atom is 0.277 e. The number of hydrogen-bond acceptors (Lipinski definition) is 6. The summed E-state index contributed by atoms with van der Waals surface area (Å²) in [6.07, 6.45) is 7.98. The lowest BCUT2D eigenvalue weighted by molar-refractivity contribution is 0.299. The lowest BCUT2D eigenvalue weighted by Gasteiger charge is -2.16. The summed E-state index contributed by atoms with van der Waals surface area (Å²) in [6, 6.07) is 5.30. The lowest BCUT2D eigenvalue weighted by Crippen LogP contribution is -2.22. The smallest absolute Gasteiger partial charge is 0.277 e. The van der Waals surface area contributed by atoms with Gasteiger partial charge in [0, 0.05) is 43.8 Å². The summed E-state index contributed by atoms with van der Waals surface area (Å²) in [7, 11) is 1.82. The number of aromatic nitrogens is 6. The van der Waals surface area contributed by atoms with Crippen LogP contribution < -0.4 is 10.3 Å². The number of hydrogen-bond donors (Lipinski definition) is 0. The summed E-state index contributed by atoms with van der Waals surface area (Å²) in [6.45, 7) is 6.04. The van der Waals surface area contributed by atoms with Crippen LogP contribution >= 0.6 is 23.2 Å². The average Bonchev–Trinajstić information content (AvgIpc) is 3.26. The normalized spacial score (nSPS) is 11.1. The van der Waals surface area contributed by atoms with Gasteiger partial charge in [-0.25, -0.2) is 9.97 Å². The quantitative estimate of drug-likeness (QED) is 0.319. The summed E-state index contributed by atoms with van der Waals surface area (Å²) >= 11 is 12.9. The molecule has 4 heterocycles. The van der Waals surface area contributed by atoms with Crippen molar-refractivity contribution in [1.29, 1.82) is 0 Å². The Labute approximate surface area is 213 Å². The topological polar surface area (TPSA) is 87.7 Å². The van der Waals surface area contributed by atoms with E-state index in [0.29, 0.717) is 27.8 Å². The Kier molecular flexibility index (Phi) is 7.52. The monoisotopic (exact) mass is 512 g/mol. The lowest BCUT2D eigenvalue weighted by atomic mass is 10.1. The Balaban J connectivity index is 1.72. The van der Waals surface area contributed by atoms with Gasteiger partial charge in [0.15, 0.2) is 0 Å². The van der Waals surface area contributed by atoms with Crippen LogP contribution in [-0.2, 0) is 20.1 Å². The second-order valence-corrected chi connectivity index (χ2v) is 9.10. The van der Waals surface area contributed by atoms with E-state index in [-0.39, 0.29) is 17.4 Å². The molecule has 0 spiro atoms. The van der Waals surface area contributed by atoms with Crippen LogP contribution in [0.3, 0.4) is 0 Å². The minimum Gasteiger partial charge on any atom is -0.485 e. The Bertz CT molecular complexity index is 1430. The highest BCUT2D eigenvalue weighted by atomic mass is 35.5. The van der Waals surface area contributed by atoms with Crippen LogP contribution in [0, 0.1) is 13.8 Å². The van der Waals surface area contributed by atoms with Crippen LogP contribution in [0.2, 0.25) is 10.0 Å². The molecule has 0 fully saturated rings. The second kappa shape index (κ2) is 10.6. The van der Waals surface area contributed by atoms with E-state index in [2.05, 4.69) is 22.0 Å². The van der Waals surface area contributed by atoms with Crippen molar-refractivity contribution < 1.29 is 4.74 Å². The molecule has 0 aliphatic carbocycles. The second-order valence-electron chi connectivity index (χ2n) is 8.32. The molecule has 0 saturated heterocycles. The number of pyridine rings is 2. The fraction of sp³-hybridized carbons (Fsp3) is 0.320. The van der Waals surface area contributed by atoms with Gasteiger partial charge in [0.25, 0.3) is 5.56 Å². The molecule has 4 aromatic rings. The van der Waals surface area contributed by atoms with Crippen molar-refractivity contribution in [3.05, 3.63) is 80.0 Å². The molecule has 4 rings (SSSR count). The maximum atomic E-state index is 13.3. The zero-order valence-corrected chi connectivity index (χ0v) is 21.6. The van der Waals surface area contributed by atoms with Crippen LogP contribution in [0.15, 0.2) is 41.6 Å². The number of ether oxygens (including phenoxy) is 1. The van der Waals surface area contributed by atoms with Gasteiger partial charge < -0.3 is 4.74 Å². The molecule has 8 nitrogen and oxygen atoms in total. The summed E-state index contributed by atoms with van der Waals surface area (Å²) in [5.74, 6) is 1.05. The standard InChI is InChI=1S/C25H26Cl2N6O2/c1-5-6-7-22-29-12-15(2)24(30-22)19-11-20(18(26)13-28-19)33-16(3)10-21(23(27)25(33)34)35-14-17-8-9-32(4)31-17/h8-13H,5-7,14H2,1-4H3. The van der Waals surface area contributed by atoms with Crippen LogP contribution in [0.25, 0.3) is 17.1 Å². The van der Waals surface area contributed by atoms with Crippen LogP contribution in [0.5, 0.6) is 5.75 Å². The number of halogens is 2. The Morgan fingerprint density at radius 2 is 1.91 bits per heavy atom. The SMILES string of the molecule is CCCCc1ncc(C)c(-c2cc(-n3c(C)cc(OCc4ccn(C)n4)c(Cl)c3=O)c(Cl)cn2)n1. The zero-order valence-electron chi connectivity index (χ0n) is 20.0. The molecule has 0 radical (unpaired) electrons. The Hall–Kier alpha value is -3.23. The molecular formula is C25H26Cl2N6O2. The third-order valence-corrected chi connectivity index (χ3v) is 6.18. The van der Waals surface area contributed by atoms with Gasteiger partial charge in [-0.3, -0.25) is 19.0 Å². The highest BCUT2D eigenvalue weighted by Gasteiger charge is 2.18. The highest BCUT2D eigenvalue weighted by molar-refractivity contribution is 6.33. The van der Waals surface area contributed by atoms with Gasteiger partial charge in [0.05, 0.1) is 27.8 Å². The van der Waals surface area contributed by atoms with Gasteiger partial charge in [0.1, 0.15) is 23.2 Å². The molecular weight excluding hydrogens is 487 g/mol. The van der Waals surface area contributed by atoms with Gasteiger partial charge in [-0.1, -0.05) is 36.5 Å². The van der Waals surface area contributed by atoms with E-state index < -0.39 is 5.56 Å². The molecule has 0 unspecified atom stereocenters. The van der Waals surface area contributed by atoms with Gasteiger partial charge in [0.2, 0.25) is 0 Å². The van der Waals surface area contributed by atoms with Crippen molar-refractivity contribution in [2.45, 2.75) is 46.6 Å². The first kappa shape index (κ1) is 24.9. The van der Waals surface area contributed by atoms with E-state index in [0.717, 1.165) is 36.3 Å². The largest absolute Gasteiger partial charge is 0.485 e. The molecule has 0 saturated carbocycles. The molecule has 35 heavy (non-hydrogen) atoms. The third kappa shape index (κ3) is 5.39. The summed E-state index contributed by atoms with van der Waals surface area (Å²) in [5.41, 5.74) is 3.54. The molecule has 182 valence electrons. The van der Waals surface area contributed by atoms with Crippen molar-refractivity contribution in [1.82, 2.24) is 29.3 Å². The number of nitrogens with zero attached hydrogens (tertiary/aromatic N) is 6.